The summed E-state index contributed by atoms with van der Waals surface area (Å²) >= 11 is 0. The van der Waals surface area contributed by atoms with E-state index in [-0.39, 0.29) is 25.0 Å². The van der Waals surface area contributed by atoms with Gasteiger partial charge in [0.2, 0.25) is 5.91 Å². The first kappa shape index (κ1) is 20.9. The number of rotatable bonds is 8. The van der Waals surface area contributed by atoms with E-state index in [1.54, 1.807) is 47.5 Å². The van der Waals surface area contributed by atoms with Crippen molar-refractivity contribution in [2.24, 2.45) is 0 Å². The second-order valence-corrected chi connectivity index (χ2v) is 6.63. The zero-order valence-corrected chi connectivity index (χ0v) is 16.3. The highest BCUT2D eigenvalue weighted by atomic mass is 16.5. The Bertz CT molecular complexity index is 813. The third kappa shape index (κ3) is 5.38. The predicted molar refractivity (Wildman–Crippen MR) is 106 cm³/mol. The molecule has 1 aliphatic heterocycles. The molecule has 1 aromatic carbocycles. The minimum absolute atomic E-state index is 0.00859. The van der Waals surface area contributed by atoms with E-state index in [9.17, 15) is 14.7 Å². The van der Waals surface area contributed by atoms with Gasteiger partial charge < -0.3 is 24.8 Å². The summed E-state index contributed by atoms with van der Waals surface area (Å²) in [5.41, 5.74) is 1.69. The molecule has 2 amide bonds. The molecule has 0 unspecified atom stereocenters. The number of pyridine rings is 1. The zero-order chi connectivity index (χ0) is 20.6. The first-order valence-corrected chi connectivity index (χ1v) is 9.54. The number of carbonyl (C=O) groups is 2. The van der Waals surface area contributed by atoms with Gasteiger partial charge in [-0.05, 0) is 36.8 Å². The number of hydrogen-bond acceptors (Lipinski definition) is 6. The maximum absolute atomic E-state index is 12.2. The van der Waals surface area contributed by atoms with E-state index in [0.717, 1.165) is 0 Å². The van der Waals surface area contributed by atoms with Crippen LogP contribution in [0.15, 0.2) is 48.8 Å². The van der Waals surface area contributed by atoms with Crippen LogP contribution in [0.4, 0.5) is 5.69 Å². The third-order valence-corrected chi connectivity index (χ3v) is 4.71. The number of aliphatic hydroxyl groups is 1. The van der Waals surface area contributed by atoms with Crippen molar-refractivity contribution in [3.05, 3.63) is 59.9 Å². The molecule has 29 heavy (non-hydrogen) atoms. The molecule has 1 fully saturated rings. The van der Waals surface area contributed by atoms with Crippen LogP contribution in [-0.4, -0.2) is 65.8 Å². The lowest BCUT2D eigenvalue weighted by molar-refractivity contribution is -0.155. The van der Waals surface area contributed by atoms with Crippen molar-refractivity contribution >= 4 is 17.5 Å². The van der Waals surface area contributed by atoms with Crippen molar-refractivity contribution in [3.63, 3.8) is 0 Å². The molecule has 3 rings (SSSR count). The van der Waals surface area contributed by atoms with E-state index < -0.39 is 12.1 Å². The zero-order valence-electron chi connectivity index (χ0n) is 16.3. The molecular weight excluding hydrogens is 374 g/mol. The fourth-order valence-corrected chi connectivity index (χ4v) is 3.17. The van der Waals surface area contributed by atoms with Crippen LogP contribution in [0.1, 0.15) is 28.9 Å². The van der Waals surface area contributed by atoms with E-state index >= 15 is 0 Å². The van der Waals surface area contributed by atoms with Gasteiger partial charge in [-0.3, -0.25) is 14.6 Å². The SMILES string of the molecule is CCOCCN1C(=O)COC[C@@H]1[C@H](O)c1ccc(NC(=O)c2cccnc2)cc1. The topological polar surface area (TPSA) is 101 Å². The Labute approximate surface area is 169 Å². The van der Waals surface area contributed by atoms with Gasteiger partial charge in [0, 0.05) is 31.2 Å². The first-order chi connectivity index (χ1) is 14.1. The van der Waals surface area contributed by atoms with Gasteiger partial charge in [0.05, 0.1) is 24.8 Å². The second-order valence-electron chi connectivity index (χ2n) is 6.63. The Morgan fingerprint density at radius 3 is 2.86 bits per heavy atom. The number of hydrogen-bond donors (Lipinski definition) is 2. The Morgan fingerprint density at radius 2 is 2.17 bits per heavy atom. The maximum atomic E-state index is 12.2. The average Bonchev–Trinajstić information content (AvgIpc) is 2.75. The van der Waals surface area contributed by atoms with E-state index in [1.807, 2.05) is 6.92 Å². The van der Waals surface area contributed by atoms with Crippen LogP contribution < -0.4 is 5.32 Å². The fraction of sp³-hybridized carbons (Fsp3) is 0.381. The number of carbonyl (C=O) groups excluding carboxylic acids is 2. The van der Waals surface area contributed by atoms with Crippen LogP contribution in [0.25, 0.3) is 0 Å². The highest BCUT2D eigenvalue weighted by molar-refractivity contribution is 6.04. The number of anilines is 1. The molecule has 2 heterocycles. The number of amides is 2. The van der Waals surface area contributed by atoms with Crippen LogP contribution in [0.2, 0.25) is 0 Å². The van der Waals surface area contributed by atoms with E-state index in [2.05, 4.69) is 10.3 Å². The first-order valence-electron chi connectivity index (χ1n) is 9.54. The quantitative estimate of drug-likeness (QED) is 0.655. The maximum Gasteiger partial charge on any atom is 0.257 e. The summed E-state index contributed by atoms with van der Waals surface area (Å²) in [7, 11) is 0. The molecule has 1 aliphatic rings. The van der Waals surface area contributed by atoms with Crippen LogP contribution in [0, 0.1) is 0 Å². The largest absolute Gasteiger partial charge is 0.386 e. The molecule has 2 atom stereocenters. The third-order valence-electron chi connectivity index (χ3n) is 4.71. The van der Waals surface area contributed by atoms with Crippen molar-refractivity contribution in [2.45, 2.75) is 19.1 Å². The van der Waals surface area contributed by atoms with Crippen molar-refractivity contribution in [2.75, 3.05) is 38.3 Å². The molecule has 154 valence electrons. The molecule has 2 N–H and O–H groups in total. The van der Waals surface area contributed by atoms with Crippen LogP contribution in [0.3, 0.4) is 0 Å². The van der Waals surface area contributed by atoms with Gasteiger partial charge in [-0.2, -0.15) is 0 Å². The summed E-state index contributed by atoms with van der Waals surface area (Å²) in [5.74, 6) is -0.430. The molecule has 8 nitrogen and oxygen atoms in total. The number of nitrogens with one attached hydrogen (secondary N) is 1. The normalized spacial score (nSPS) is 17.8. The van der Waals surface area contributed by atoms with Crippen molar-refractivity contribution in [3.8, 4) is 0 Å². The Hall–Kier alpha value is -2.81. The number of aromatic nitrogens is 1. The van der Waals surface area contributed by atoms with Crippen molar-refractivity contribution in [1.82, 2.24) is 9.88 Å². The lowest BCUT2D eigenvalue weighted by atomic mass is 10.00. The van der Waals surface area contributed by atoms with Crippen LogP contribution in [0.5, 0.6) is 0 Å². The second kappa shape index (κ2) is 10.1. The number of nitrogens with zero attached hydrogens (tertiary/aromatic N) is 2. The standard InChI is InChI=1S/C21H25N3O5/c1-2-28-11-10-24-18(13-29-14-19(24)25)20(26)15-5-7-17(8-6-15)23-21(27)16-4-3-9-22-12-16/h3-9,12,18,20,26H,2,10-11,13-14H2,1H3,(H,23,27)/t18-,20-/m1/s1. The average molecular weight is 399 g/mol. The van der Waals surface area contributed by atoms with Gasteiger partial charge in [-0.25, -0.2) is 0 Å². The molecule has 1 saturated heterocycles. The molecule has 0 aliphatic carbocycles. The number of benzene rings is 1. The molecule has 0 radical (unpaired) electrons. The van der Waals surface area contributed by atoms with Gasteiger partial charge in [0.25, 0.3) is 5.91 Å². The monoisotopic (exact) mass is 399 g/mol. The van der Waals surface area contributed by atoms with Gasteiger partial charge >= 0.3 is 0 Å². The summed E-state index contributed by atoms with van der Waals surface area (Å²) in [6.07, 6.45) is 2.18. The van der Waals surface area contributed by atoms with Crippen molar-refractivity contribution < 1.29 is 24.2 Å². The van der Waals surface area contributed by atoms with E-state index in [1.165, 1.54) is 6.20 Å². The predicted octanol–water partition coefficient (Wildman–Crippen LogP) is 1.63. The highest BCUT2D eigenvalue weighted by Gasteiger charge is 2.34. The summed E-state index contributed by atoms with van der Waals surface area (Å²) in [6, 6.07) is 9.75. The smallest absolute Gasteiger partial charge is 0.257 e. The summed E-state index contributed by atoms with van der Waals surface area (Å²) < 4.78 is 10.7. The summed E-state index contributed by atoms with van der Waals surface area (Å²) in [4.78, 5) is 30.0. The highest BCUT2D eigenvalue weighted by Crippen LogP contribution is 2.25. The van der Waals surface area contributed by atoms with Crippen LogP contribution >= 0.6 is 0 Å². The molecule has 0 bridgehead atoms. The summed E-state index contributed by atoms with van der Waals surface area (Å²) in [6.45, 7) is 3.52. The number of ether oxygens (including phenoxy) is 2. The van der Waals surface area contributed by atoms with Gasteiger partial charge in [-0.15, -0.1) is 0 Å². The van der Waals surface area contributed by atoms with E-state index in [0.29, 0.717) is 36.6 Å². The Kier molecular flexibility index (Phi) is 7.29. The van der Waals surface area contributed by atoms with Gasteiger partial charge in [0.1, 0.15) is 12.7 Å². The molecular formula is C21H25N3O5. The molecule has 0 saturated carbocycles. The van der Waals surface area contributed by atoms with Gasteiger partial charge in [0.15, 0.2) is 0 Å². The number of aliphatic hydroxyl groups excluding tert-OH is 1. The Morgan fingerprint density at radius 1 is 1.38 bits per heavy atom. The number of morpholine rings is 1. The lowest BCUT2D eigenvalue weighted by Crippen LogP contribution is -2.53. The van der Waals surface area contributed by atoms with Crippen LogP contribution in [-0.2, 0) is 14.3 Å². The molecule has 0 spiro atoms. The molecule has 2 aromatic rings. The summed E-state index contributed by atoms with van der Waals surface area (Å²) in [5, 5.41) is 13.6. The van der Waals surface area contributed by atoms with Crippen molar-refractivity contribution in [1.29, 1.82) is 0 Å². The molecule has 1 aromatic heterocycles. The minimum Gasteiger partial charge on any atom is -0.386 e. The minimum atomic E-state index is -0.913. The molecule has 8 heteroatoms. The van der Waals surface area contributed by atoms with E-state index in [4.69, 9.17) is 9.47 Å². The van der Waals surface area contributed by atoms with Gasteiger partial charge in [-0.1, -0.05) is 12.1 Å². The fourth-order valence-electron chi connectivity index (χ4n) is 3.17. The Balaban J connectivity index is 1.66. The lowest BCUT2D eigenvalue weighted by Gasteiger charge is -2.38.